The Labute approximate surface area is 106 Å². The number of hydrogen-bond acceptors (Lipinski definition) is 4. The second-order valence-corrected chi connectivity index (χ2v) is 4.80. The highest BCUT2D eigenvalue weighted by Crippen LogP contribution is 2.38. The molecule has 1 fully saturated rings. The van der Waals surface area contributed by atoms with Crippen molar-refractivity contribution in [1.29, 1.82) is 0 Å². The molecule has 0 saturated heterocycles. The molecule has 0 radical (unpaired) electrons. The number of aromatic nitrogens is 2. The van der Waals surface area contributed by atoms with E-state index in [1.54, 1.807) is 7.11 Å². The predicted molar refractivity (Wildman–Crippen MR) is 71.7 cm³/mol. The zero-order chi connectivity index (χ0) is 12.5. The van der Waals surface area contributed by atoms with Crippen LogP contribution < -0.4 is 10.5 Å². The molecule has 0 atom stereocenters. The monoisotopic (exact) mass is 243 g/mol. The molecule has 1 aliphatic rings. The molecule has 4 heteroatoms. The average molecular weight is 243 g/mol. The van der Waals surface area contributed by atoms with Crippen LogP contribution in [0, 0.1) is 0 Å². The minimum atomic E-state index is 0.342. The molecule has 0 aliphatic heterocycles. The van der Waals surface area contributed by atoms with Gasteiger partial charge in [0.1, 0.15) is 11.3 Å². The Bertz CT molecular complexity index is 577. The van der Waals surface area contributed by atoms with E-state index in [1.807, 2.05) is 12.1 Å². The van der Waals surface area contributed by atoms with Crippen molar-refractivity contribution in [3.05, 3.63) is 23.9 Å². The number of para-hydroxylation sites is 1. The predicted octanol–water partition coefficient (Wildman–Crippen LogP) is 2.88. The van der Waals surface area contributed by atoms with Gasteiger partial charge >= 0.3 is 0 Å². The lowest BCUT2D eigenvalue weighted by atomic mass is 9.99. The van der Waals surface area contributed by atoms with Crippen molar-refractivity contribution in [2.24, 2.45) is 0 Å². The summed E-state index contributed by atoms with van der Waals surface area (Å²) >= 11 is 0. The van der Waals surface area contributed by atoms with E-state index in [2.05, 4.69) is 16.0 Å². The quantitative estimate of drug-likeness (QED) is 0.881. The maximum Gasteiger partial charge on any atom is 0.220 e. The summed E-state index contributed by atoms with van der Waals surface area (Å²) < 4.78 is 5.35. The normalized spacial score (nSPS) is 16.3. The molecule has 0 amide bonds. The van der Waals surface area contributed by atoms with Gasteiger partial charge < -0.3 is 10.5 Å². The second-order valence-electron chi connectivity index (χ2n) is 4.80. The van der Waals surface area contributed by atoms with Gasteiger partial charge in [0, 0.05) is 11.3 Å². The van der Waals surface area contributed by atoms with Gasteiger partial charge in [0.25, 0.3) is 0 Å². The van der Waals surface area contributed by atoms with Crippen LogP contribution >= 0.6 is 0 Å². The molecule has 1 aliphatic carbocycles. The summed E-state index contributed by atoms with van der Waals surface area (Å²) in [5, 5.41) is 1.08. The molecule has 1 aromatic heterocycles. The second kappa shape index (κ2) is 4.44. The van der Waals surface area contributed by atoms with Crippen molar-refractivity contribution >= 4 is 16.9 Å². The minimum Gasteiger partial charge on any atom is -0.494 e. The molecule has 18 heavy (non-hydrogen) atoms. The van der Waals surface area contributed by atoms with Crippen LogP contribution in [0.15, 0.2) is 18.2 Å². The Morgan fingerprint density at radius 1 is 1.22 bits per heavy atom. The molecule has 2 N–H and O–H groups in total. The molecule has 1 aromatic carbocycles. The van der Waals surface area contributed by atoms with Gasteiger partial charge in [-0.1, -0.05) is 25.0 Å². The van der Waals surface area contributed by atoms with Gasteiger partial charge in [-0.3, -0.25) is 0 Å². The third kappa shape index (κ3) is 1.78. The number of nitrogens with zero attached hydrogens (tertiary/aromatic N) is 2. The number of hydrogen-bond donors (Lipinski definition) is 1. The topological polar surface area (TPSA) is 61.0 Å². The van der Waals surface area contributed by atoms with Gasteiger partial charge in [0.15, 0.2) is 0 Å². The first-order valence-electron chi connectivity index (χ1n) is 6.39. The van der Waals surface area contributed by atoms with Gasteiger partial charge in [-0.05, 0) is 18.9 Å². The number of rotatable bonds is 2. The highest BCUT2D eigenvalue weighted by Gasteiger charge is 2.22. The van der Waals surface area contributed by atoms with E-state index in [4.69, 9.17) is 10.5 Å². The fraction of sp³-hybridized carbons (Fsp3) is 0.429. The lowest BCUT2D eigenvalue weighted by Crippen LogP contribution is -2.04. The number of fused-ring (bicyclic) bond motifs is 1. The lowest BCUT2D eigenvalue weighted by Gasteiger charge is -2.13. The summed E-state index contributed by atoms with van der Waals surface area (Å²) in [5.74, 6) is 1.62. The summed E-state index contributed by atoms with van der Waals surface area (Å²) in [6.07, 6.45) is 4.95. The Kier molecular flexibility index (Phi) is 2.78. The molecule has 4 nitrogen and oxygen atoms in total. The summed E-state index contributed by atoms with van der Waals surface area (Å²) in [4.78, 5) is 8.79. The molecule has 1 heterocycles. The van der Waals surface area contributed by atoms with Crippen LogP contribution in [-0.4, -0.2) is 17.1 Å². The van der Waals surface area contributed by atoms with Crippen molar-refractivity contribution < 1.29 is 4.74 Å². The Hall–Kier alpha value is -1.84. The summed E-state index contributed by atoms with van der Waals surface area (Å²) in [5.41, 5.74) is 7.76. The van der Waals surface area contributed by atoms with Gasteiger partial charge in [-0.25, -0.2) is 9.97 Å². The van der Waals surface area contributed by atoms with Crippen molar-refractivity contribution in [2.45, 2.75) is 31.6 Å². The molecule has 0 bridgehead atoms. The molecule has 3 rings (SSSR count). The standard InChI is InChI=1S/C14H17N3O/c1-18-11-8-4-7-10-12(9-5-2-3-6-9)16-14(15)17-13(10)11/h4,7-9H,2-3,5-6H2,1H3,(H2,15,16,17). The highest BCUT2D eigenvalue weighted by atomic mass is 16.5. The number of nitrogens with two attached hydrogens (primary N) is 1. The van der Waals surface area contributed by atoms with Crippen LogP contribution in [0.1, 0.15) is 37.3 Å². The van der Waals surface area contributed by atoms with Gasteiger partial charge in [0.2, 0.25) is 5.95 Å². The number of benzene rings is 1. The van der Waals surface area contributed by atoms with E-state index >= 15 is 0 Å². The maximum absolute atomic E-state index is 5.84. The van der Waals surface area contributed by atoms with Crippen LogP contribution in [0.3, 0.4) is 0 Å². The average Bonchev–Trinajstić information content (AvgIpc) is 2.90. The molecule has 2 aromatic rings. The zero-order valence-electron chi connectivity index (χ0n) is 10.5. The Balaban J connectivity index is 2.24. The van der Waals surface area contributed by atoms with Gasteiger partial charge in [-0.15, -0.1) is 0 Å². The molecule has 1 saturated carbocycles. The van der Waals surface area contributed by atoms with E-state index in [-0.39, 0.29) is 0 Å². The smallest absolute Gasteiger partial charge is 0.220 e. The first kappa shape index (κ1) is 11.3. The summed E-state index contributed by atoms with van der Waals surface area (Å²) in [6.45, 7) is 0. The molecule has 94 valence electrons. The number of nitrogen functional groups attached to an aromatic ring is 1. The highest BCUT2D eigenvalue weighted by molar-refractivity contribution is 5.87. The number of anilines is 1. The van der Waals surface area contributed by atoms with Gasteiger partial charge in [0.05, 0.1) is 12.8 Å². The van der Waals surface area contributed by atoms with E-state index < -0.39 is 0 Å². The Morgan fingerprint density at radius 2 is 2.00 bits per heavy atom. The van der Waals surface area contributed by atoms with E-state index in [9.17, 15) is 0 Å². The number of methoxy groups -OCH3 is 1. The number of ether oxygens (including phenoxy) is 1. The maximum atomic E-state index is 5.84. The van der Waals surface area contributed by atoms with E-state index in [0.29, 0.717) is 11.9 Å². The third-order valence-electron chi connectivity index (χ3n) is 3.70. The Morgan fingerprint density at radius 3 is 2.72 bits per heavy atom. The lowest BCUT2D eigenvalue weighted by molar-refractivity contribution is 0.419. The first-order chi connectivity index (χ1) is 8.79. The molecule has 0 spiro atoms. The molecule has 0 unspecified atom stereocenters. The fourth-order valence-electron chi connectivity index (χ4n) is 2.84. The van der Waals surface area contributed by atoms with Crippen LogP contribution in [-0.2, 0) is 0 Å². The van der Waals surface area contributed by atoms with Crippen LogP contribution in [0.4, 0.5) is 5.95 Å². The fourth-order valence-corrected chi connectivity index (χ4v) is 2.84. The molecular weight excluding hydrogens is 226 g/mol. The van der Waals surface area contributed by atoms with Crippen molar-refractivity contribution in [3.8, 4) is 5.75 Å². The van der Waals surface area contributed by atoms with Crippen molar-refractivity contribution in [1.82, 2.24) is 9.97 Å². The minimum absolute atomic E-state index is 0.342. The van der Waals surface area contributed by atoms with E-state index in [0.717, 1.165) is 22.3 Å². The zero-order valence-corrected chi connectivity index (χ0v) is 10.5. The summed E-state index contributed by atoms with van der Waals surface area (Å²) in [7, 11) is 1.66. The third-order valence-corrected chi connectivity index (χ3v) is 3.70. The van der Waals surface area contributed by atoms with Crippen LogP contribution in [0.2, 0.25) is 0 Å². The van der Waals surface area contributed by atoms with Crippen molar-refractivity contribution in [2.75, 3.05) is 12.8 Å². The van der Waals surface area contributed by atoms with Crippen molar-refractivity contribution in [3.63, 3.8) is 0 Å². The summed E-state index contributed by atoms with van der Waals surface area (Å²) in [6, 6.07) is 5.96. The largest absolute Gasteiger partial charge is 0.494 e. The molecular formula is C14H17N3O. The SMILES string of the molecule is COc1cccc2c(C3CCCC3)nc(N)nc12. The van der Waals surface area contributed by atoms with E-state index in [1.165, 1.54) is 25.7 Å². The first-order valence-corrected chi connectivity index (χ1v) is 6.39. The van der Waals surface area contributed by atoms with Crippen LogP contribution in [0.25, 0.3) is 10.9 Å². The van der Waals surface area contributed by atoms with Gasteiger partial charge in [-0.2, -0.15) is 0 Å². The van der Waals surface area contributed by atoms with Crippen LogP contribution in [0.5, 0.6) is 5.75 Å².